The number of aromatic nitrogens is 2. The van der Waals surface area contributed by atoms with Gasteiger partial charge in [0.25, 0.3) is 10.0 Å². The molecule has 0 bridgehead atoms. The van der Waals surface area contributed by atoms with Gasteiger partial charge in [0.15, 0.2) is 0 Å². The van der Waals surface area contributed by atoms with Crippen molar-refractivity contribution in [3.05, 3.63) is 34.6 Å². The maximum Gasteiger partial charge on any atom is 0.252 e. The van der Waals surface area contributed by atoms with Crippen LogP contribution in [0.15, 0.2) is 22.4 Å². The molecule has 0 N–H and O–H groups in total. The van der Waals surface area contributed by atoms with Crippen molar-refractivity contribution in [2.75, 3.05) is 13.1 Å². The summed E-state index contributed by atoms with van der Waals surface area (Å²) in [5.74, 6) is 1.17. The van der Waals surface area contributed by atoms with E-state index < -0.39 is 10.0 Å². The Kier molecular flexibility index (Phi) is 5.41. The van der Waals surface area contributed by atoms with E-state index in [2.05, 4.69) is 9.97 Å². The topological polar surface area (TPSA) is 72.4 Å². The summed E-state index contributed by atoms with van der Waals surface area (Å²) in [5.41, 5.74) is 0.841. The second-order valence-electron chi connectivity index (χ2n) is 6.21. The van der Waals surface area contributed by atoms with E-state index in [0.29, 0.717) is 29.0 Å². The molecule has 0 amide bonds. The fourth-order valence-electron chi connectivity index (χ4n) is 2.95. The zero-order valence-electron chi connectivity index (χ0n) is 14.7. The molecule has 0 aromatic carbocycles. The molecule has 8 heteroatoms. The molecule has 1 saturated heterocycles. The van der Waals surface area contributed by atoms with Crippen molar-refractivity contribution < 1.29 is 13.2 Å². The SMILES string of the molecule is CCc1ccc(S(=O)(=O)N2CCCC(Oc3cc(C)nc(C)n3)C2)s1. The van der Waals surface area contributed by atoms with Gasteiger partial charge in [-0.05, 0) is 45.2 Å². The van der Waals surface area contributed by atoms with Crippen LogP contribution in [-0.4, -0.2) is 41.9 Å². The molecule has 0 saturated carbocycles. The molecule has 1 aliphatic rings. The average molecular weight is 382 g/mol. The summed E-state index contributed by atoms with van der Waals surface area (Å²) in [6.45, 7) is 6.62. The Labute approximate surface area is 152 Å². The number of hydrogen-bond donors (Lipinski definition) is 0. The Balaban J connectivity index is 1.74. The largest absolute Gasteiger partial charge is 0.473 e. The molecule has 25 heavy (non-hydrogen) atoms. The first-order chi connectivity index (χ1) is 11.9. The van der Waals surface area contributed by atoms with Crippen LogP contribution < -0.4 is 4.74 Å². The summed E-state index contributed by atoms with van der Waals surface area (Å²) in [6.07, 6.45) is 2.25. The molecule has 1 atom stereocenters. The smallest absolute Gasteiger partial charge is 0.252 e. The Morgan fingerprint density at radius 1 is 1.32 bits per heavy atom. The van der Waals surface area contributed by atoms with Crippen molar-refractivity contribution in [1.82, 2.24) is 14.3 Å². The predicted molar refractivity (Wildman–Crippen MR) is 97.6 cm³/mol. The highest BCUT2D eigenvalue weighted by Crippen LogP contribution is 2.28. The first-order valence-corrected chi connectivity index (χ1v) is 10.7. The van der Waals surface area contributed by atoms with E-state index in [1.807, 2.05) is 26.8 Å². The van der Waals surface area contributed by atoms with E-state index in [1.165, 1.54) is 15.6 Å². The van der Waals surface area contributed by atoms with Crippen LogP contribution in [-0.2, 0) is 16.4 Å². The normalized spacial score (nSPS) is 19.1. The zero-order chi connectivity index (χ0) is 18.0. The summed E-state index contributed by atoms with van der Waals surface area (Å²) < 4.78 is 33.7. The third-order valence-corrected chi connectivity index (χ3v) is 7.71. The van der Waals surface area contributed by atoms with Gasteiger partial charge in [-0.15, -0.1) is 11.3 Å². The van der Waals surface area contributed by atoms with Crippen molar-refractivity contribution in [3.63, 3.8) is 0 Å². The van der Waals surface area contributed by atoms with Crippen LogP contribution in [0.25, 0.3) is 0 Å². The Morgan fingerprint density at radius 2 is 2.12 bits per heavy atom. The molecular formula is C17H23N3O3S2. The monoisotopic (exact) mass is 381 g/mol. The van der Waals surface area contributed by atoms with Gasteiger partial charge in [0.2, 0.25) is 5.88 Å². The van der Waals surface area contributed by atoms with Crippen LogP contribution in [0, 0.1) is 13.8 Å². The minimum absolute atomic E-state index is 0.192. The number of sulfonamides is 1. The number of hydrogen-bond acceptors (Lipinski definition) is 6. The molecule has 0 aliphatic carbocycles. The van der Waals surface area contributed by atoms with Crippen LogP contribution in [0.4, 0.5) is 0 Å². The maximum atomic E-state index is 12.9. The third kappa shape index (κ3) is 4.19. The second-order valence-corrected chi connectivity index (χ2v) is 9.55. The number of ether oxygens (including phenoxy) is 1. The summed E-state index contributed by atoms with van der Waals surface area (Å²) in [6, 6.07) is 5.38. The van der Waals surface area contributed by atoms with E-state index in [9.17, 15) is 8.42 Å². The average Bonchev–Trinajstić information content (AvgIpc) is 3.04. The highest BCUT2D eigenvalue weighted by Gasteiger charge is 2.32. The lowest BCUT2D eigenvalue weighted by atomic mass is 10.1. The van der Waals surface area contributed by atoms with Crippen molar-refractivity contribution in [2.24, 2.45) is 0 Å². The molecule has 3 heterocycles. The first kappa shape index (κ1) is 18.3. The molecule has 6 nitrogen and oxygen atoms in total. The van der Waals surface area contributed by atoms with Crippen LogP contribution >= 0.6 is 11.3 Å². The molecule has 1 unspecified atom stereocenters. The summed E-state index contributed by atoms with van der Waals surface area (Å²) in [4.78, 5) is 9.60. The minimum Gasteiger partial charge on any atom is -0.473 e. The fourth-order valence-corrected chi connectivity index (χ4v) is 5.91. The number of nitrogens with zero attached hydrogens (tertiary/aromatic N) is 3. The third-order valence-electron chi connectivity index (χ3n) is 4.15. The van der Waals surface area contributed by atoms with Gasteiger partial charge in [0.05, 0.1) is 6.54 Å². The quantitative estimate of drug-likeness (QED) is 0.796. The standard InChI is InChI=1S/C17H23N3O3S2/c1-4-15-7-8-17(24-15)25(21,22)20-9-5-6-14(11-20)23-16-10-12(2)18-13(3)19-16/h7-8,10,14H,4-6,9,11H2,1-3H3. The predicted octanol–water partition coefficient (Wildman–Crippen LogP) is 2.95. The molecule has 2 aromatic rings. The van der Waals surface area contributed by atoms with E-state index in [-0.39, 0.29) is 6.10 Å². The lowest BCUT2D eigenvalue weighted by molar-refractivity contribution is 0.124. The van der Waals surface area contributed by atoms with Gasteiger partial charge in [-0.1, -0.05) is 6.92 Å². The van der Waals surface area contributed by atoms with Crippen molar-refractivity contribution in [1.29, 1.82) is 0 Å². The van der Waals surface area contributed by atoms with E-state index >= 15 is 0 Å². The minimum atomic E-state index is -3.45. The van der Waals surface area contributed by atoms with E-state index in [1.54, 1.807) is 12.1 Å². The molecular weight excluding hydrogens is 358 g/mol. The number of rotatable bonds is 5. The molecule has 136 valence electrons. The molecule has 0 spiro atoms. The first-order valence-electron chi connectivity index (χ1n) is 8.46. The lowest BCUT2D eigenvalue weighted by Gasteiger charge is -2.31. The van der Waals surface area contributed by atoms with Gasteiger partial charge in [-0.25, -0.2) is 13.4 Å². The van der Waals surface area contributed by atoms with Crippen LogP contribution in [0.2, 0.25) is 0 Å². The number of thiophene rings is 1. The summed E-state index contributed by atoms with van der Waals surface area (Å²) in [5, 5.41) is 0. The van der Waals surface area contributed by atoms with Crippen LogP contribution in [0.5, 0.6) is 5.88 Å². The van der Waals surface area contributed by atoms with Crippen LogP contribution in [0.3, 0.4) is 0 Å². The Hall–Kier alpha value is -1.51. The highest BCUT2D eigenvalue weighted by molar-refractivity contribution is 7.91. The van der Waals surface area contributed by atoms with E-state index in [0.717, 1.165) is 29.8 Å². The summed E-state index contributed by atoms with van der Waals surface area (Å²) >= 11 is 1.35. The van der Waals surface area contributed by atoms with Crippen molar-refractivity contribution in [3.8, 4) is 5.88 Å². The second kappa shape index (κ2) is 7.39. The van der Waals surface area contributed by atoms with Gasteiger partial charge < -0.3 is 4.74 Å². The molecule has 1 fully saturated rings. The van der Waals surface area contributed by atoms with Gasteiger partial charge in [0, 0.05) is 23.2 Å². The summed E-state index contributed by atoms with van der Waals surface area (Å²) in [7, 11) is -3.45. The van der Waals surface area contributed by atoms with Gasteiger partial charge in [-0.2, -0.15) is 9.29 Å². The van der Waals surface area contributed by atoms with Gasteiger partial charge in [-0.3, -0.25) is 0 Å². The van der Waals surface area contributed by atoms with E-state index in [4.69, 9.17) is 4.74 Å². The number of aryl methyl sites for hydroxylation is 3. The molecule has 2 aromatic heterocycles. The lowest BCUT2D eigenvalue weighted by Crippen LogP contribution is -2.44. The van der Waals surface area contributed by atoms with Crippen molar-refractivity contribution >= 4 is 21.4 Å². The Bertz CT molecular complexity index is 828. The highest BCUT2D eigenvalue weighted by atomic mass is 32.2. The van der Waals surface area contributed by atoms with Gasteiger partial charge in [0.1, 0.15) is 16.1 Å². The zero-order valence-corrected chi connectivity index (χ0v) is 16.4. The van der Waals surface area contributed by atoms with Gasteiger partial charge >= 0.3 is 0 Å². The maximum absolute atomic E-state index is 12.9. The van der Waals surface area contributed by atoms with Crippen molar-refractivity contribution in [2.45, 2.75) is 50.3 Å². The fraction of sp³-hybridized carbons (Fsp3) is 0.529. The molecule has 0 radical (unpaired) electrons. The molecule has 1 aliphatic heterocycles. The molecule has 3 rings (SSSR count). The van der Waals surface area contributed by atoms with Crippen LogP contribution in [0.1, 0.15) is 36.2 Å². The number of piperidine rings is 1. The Morgan fingerprint density at radius 3 is 2.80 bits per heavy atom.